The lowest BCUT2D eigenvalue weighted by Gasteiger charge is -2.05. The molecule has 0 aliphatic heterocycles. The highest BCUT2D eigenvalue weighted by atomic mass is 16.4. The summed E-state index contributed by atoms with van der Waals surface area (Å²) in [5.74, 6) is -1.19. The molecule has 1 heterocycles. The van der Waals surface area contributed by atoms with Crippen molar-refractivity contribution in [1.82, 2.24) is 4.98 Å². The van der Waals surface area contributed by atoms with Gasteiger partial charge in [0.15, 0.2) is 0 Å². The molecule has 0 saturated heterocycles. The van der Waals surface area contributed by atoms with Crippen molar-refractivity contribution in [1.29, 1.82) is 0 Å². The van der Waals surface area contributed by atoms with E-state index < -0.39 is 5.97 Å². The molecule has 0 atom stereocenters. The third-order valence-corrected chi connectivity index (χ3v) is 2.57. The van der Waals surface area contributed by atoms with Crippen LogP contribution >= 0.6 is 0 Å². The fraction of sp³-hybridized carbons (Fsp3) is 0.0714. The Morgan fingerprint density at radius 1 is 1.11 bits per heavy atom. The van der Waals surface area contributed by atoms with Crippen molar-refractivity contribution in [3.63, 3.8) is 0 Å². The number of aromatic carboxylic acids is 1. The van der Waals surface area contributed by atoms with Crippen molar-refractivity contribution in [3.8, 4) is 0 Å². The minimum absolute atomic E-state index is 0.139. The van der Waals surface area contributed by atoms with Crippen LogP contribution in [-0.4, -0.2) is 16.7 Å². The van der Waals surface area contributed by atoms with Gasteiger partial charge in [0.05, 0.1) is 17.4 Å². The summed E-state index contributed by atoms with van der Waals surface area (Å²) in [5, 5.41) is 14.8. The van der Waals surface area contributed by atoms with Gasteiger partial charge in [0, 0.05) is 18.0 Å². The van der Waals surface area contributed by atoms with Crippen LogP contribution in [-0.2, 0) is 0 Å². The number of aromatic nitrogens is 1. The predicted octanol–water partition coefficient (Wildman–Crippen LogP) is 1.28. The zero-order valence-electron chi connectivity index (χ0n) is 10.3. The van der Waals surface area contributed by atoms with Crippen molar-refractivity contribution in [2.75, 3.05) is 5.43 Å². The maximum atomic E-state index is 10.6. The fourth-order valence-corrected chi connectivity index (χ4v) is 1.49. The average molecular weight is 254 g/mol. The van der Waals surface area contributed by atoms with Crippen LogP contribution in [0.4, 0.5) is 5.69 Å². The number of carbonyl (C=O) groups excluding carboxylic acids is 1. The van der Waals surface area contributed by atoms with Gasteiger partial charge < -0.3 is 9.90 Å². The number of pyridine rings is 1. The first-order chi connectivity index (χ1) is 9.16. The summed E-state index contributed by atoms with van der Waals surface area (Å²) in [4.78, 5) is 14.5. The van der Waals surface area contributed by atoms with Gasteiger partial charge in [-0.3, -0.25) is 10.4 Å². The second-order valence-electron chi connectivity index (χ2n) is 3.91. The highest BCUT2D eigenvalue weighted by molar-refractivity contribution is 5.98. The van der Waals surface area contributed by atoms with Crippen LogP contribution in [0.2, 0.25) is 0 Å². The number of anilines is 1. The second-order valence-corrected chi connectivity index (χ2v) is 3.91. The van der Waals surface area contributed by atoms with Crippen molar-refractivity contribution < 1.29 is 9.90 Å². The minimum atomic E-state index is -1.19. The summed E-state index contributed by atoms with van der Waals surface area (Å²) in [6.07, 6.45) is 3.39. The molecule has 0 saturated carbocycles. The molecule has 0 radical (unpaired) electrons. The van der Waals surface area contributed by atoms with Crippen LogP contribution in [0.25, 0.3) is 0 Å². The molecule has 2 aromatic rings. The molecule has 1 aromatic heterocycles. The maximum Gasteiger partial charge on any atom is 0.0715 e. The van der Waals surface area contributed by atoms with Gasteiger partial charge >= 0.3 is 0 Å². The summed E-state index contributed by atoms with van der Waals surface area (Å²) in [5.41, 5.74) is 5.49. The number of benzene rings is 1. The quantitative estimate of drug-likeness (QED) is 0.658. The van der Waals surface area contributed by atoms with Crippen molar-refractivity contribution >= 4 is 17.4 Å². The highest BCUT2D eigenvalue weighted by Gasteiger charge is 1.97. The van der Waals surface area contributed by atoms with E-state index in [2.05, 4.69) is 15.5 Å². The summed E-state index contributed by atoms with van der Waals surface area (Å²) in [6, 6.07) is 9.92. The molecule has 0 unspecified atom stereocenters. The van der Waals surface area contributed by atoms with Crippen molar-refractivity contribution in [3.05, 3.63) is 59.9 Å². The van der Waals surface area contributed by atoms with Crippen molar-refractivity contribution in [2.45, 2.75) is 6.92 Å². The lowest BCUT2D eigenvalue weighted by molar-refractivity contribution is -0.255. The zero-order chi connectivity index (χ0) is 13.7. The number of carboxylic acids is 1. The van der Waals surface area contributed by atoms with E-state index in [1.165, 1.54) is 12.1 Å². The van der Waals surface area contributed by atoms with Gasteiger partial charge in [-0.1, -0.05) is 12.1 Å². The van der Waals surface area contributed by atoms with Crippen LogP contribution in [0.15, 0.2) is 53.9 Å². The van der Waals surface area contributed by atoms with Gasteiger partial charge in [0.1, 0.15) is 0 Å². The molecule has 19 heavy (non-hydrogen) atoms. The summed E-state index contributed by atoms with van der Waals surface area (Å²) >= 11 is 0. The lowest BCUT2D eigenvalue weighted by atomic mass is 10.2. The first kappa shape index (κ1) is 12.8. The average Bonchev–Trinajstić information content (AvgIpc) is 2.46. The van der Waals surface area contributed by atoms with Crippen LogP contribution in [0.5, 0.6) is 0 Å². The summed E-state index contributed by atoms with van der Waals surface area (Å²) < 4.78 is 0. The Balaban J connectivity index is 2.08. The summed E-state index contributed by atoms with van der Waals surface area (Å²) in [7, 11) is 0. The molecular formula is C14H12N3O2-. The Morgan fingerprint density at radius 2 is 1.74 bits per heavy atom. The molecule has 0 amide bonds. The van der Waals surface area contributed by atoms with E-state index in [1.54, 1.807) is 24.5 Å². The van der Waals surface area contributed by atoms with Gasteiger partial charge in [-0.25, -0.2) is 0 Å². The third-order valence-electron chi connectivity index (χ3n) is 2.57. The third kappa shape index (κ3) is 3.38. The van der Waals surface area contributed by atoms with Crippen molar-refractivity contribution in [2.24, 2.45) is 5.10 Å². The lowest BCUT2D eigenvalue weighted by Crippen LogP contribution is -2.21. The molecule has 1 N–H and O–H groups in total. The smallest absolute Gasteiger partial charge is 0.0715 e. The van der Waals surface area contributed by atoms with Gasteiger partial charge in [-0.15, -0.1) is 0 Å². The number of hydrogen-bond acceptors (Lipinski definition) is 5. The van der Waals surface area contributed by atoms with Gasteiger partial charge in [-0.05, 0) is 36.8 Å². The molecule has 1 aromatic carbocycles. The SMILES string of the molecule is C/C(=N/Nc1ccc(C(=O)[O-])cc1)c1ccncc1. The molecule has 0 fully saturated rings. The normalized spacial score (nSPS) is 11.1. The molecule has 2 rings (SSSR count). The van der Waals surface area contributed by atoms with Crippen LogP contribution in [0.3, 0.4) is 0 Å². The molecule has 5 heteroatoms. The largest absolute Gasteiger partial charge is 0.545 e. The Bertz CT molecular complexity index is 592. The minimum Gasteiger partial charge on any atom is -0.545 e. The number of nitrogens with one attached hydrogen (secondary N) is 1. The Hall–Kier alpha value is -2.69. The Labute approximate surface area is 110 Å². The van der Waals surface area contributed by atoms with Crippen LogP contribution in [0, 0.1) is 0 Å². The fourth-order valence-electron chi connectivity index (χ4n) is 1.49. The van der Waals surface area contributed by atoms with E-state index in [1.807, 2.05) is 19.1 Å². The first-order valence-electron chi connectivity index (χ1n) is 5.69. The number of hydrogen-bond donors (Lipinski definition) is 1. The van der Waals surface area contributed by atoms with Crippen LogP contribution < -0.4 is 10.5 Å². The molecule has 0 aliphatic rings. The predicted molar refractivity (Wildman–Crippen MR) is 70.8 cm³/mol. The van der Waals surface area contributed by atoms with Crippen LogP contribution in [0.1, 0.15) is 22.8 Å². The van der Waals surface area contributed by atoms with Gasteiger partial charge in [0.25, 0.3) is 0 Å². The van der Waals surface area contributed by atoms with E-state index in [-0.39, 0.29) is 5.56 Å². The Morgan fingerprint density at radius 3 is 2.32 bits per heavy atom. The maximum absolute atomic E-state index is 10.6. The first-order valence-corrected chi connectivity index (χ1v) is 5.69. The second kappa shape index (κ2) is 5.77. The van der Waals surface area contributed by atoms with E-state index in [9.17, 15) is 9.90 Å². The standard InChI is InChI=1S/C14H13N3O2/c1-10(11-6-8-15-9-7-11)16-17-13-4-2-12(3-5-13)14(18)19/h2-9,17H,1H3,(H,18,19)/p-1/b16-10-. The molecule has 96 valence electrons. The molecule has 0 aliphatic carbocycles. The van der Waals surface area contributed by atoms with Gasteiger partial charge in [-0.2, -0.15) is 5.10 Å². The topological polar surface area (TPSA) is 77.4 Å². The monoisotopic (exact) mass is 254 g/mol. The molecule has 0 bridgehead atoms. The molecular weight excluding hydrogens is 242 g/mol. The van der Waals surface area contributed by atoms with E-state index in [0.717, 1.165) is 11.3 Å². The number of hydrazone groups is 1. The number of rotatable bonds is 4. The molecule has 0 spiro atoms. The van der Waals surface area contributed by atoms with E-state index >= 15 is 0 Å². The van der Waals surface area contributed by atoms with E-state index in [0.29, 0.717) is 5.69 Å². The summed E-state index contributed by atoms with van der Waals surface area (Å²) in [6.45, 7) is 1.87. The zero-order valence-corrected chi connectivity index (χ0v) is 10.3. The number of carboxylic acid groups (broad SMARTS) is 1. The van der Waals surface area contributed by atoms with E-state index in [4.69, 9.17) is 0 Å². The molecule has 5 nitrogen and oxygen atoms in total. The number of nitrogens with zero attached hydrogens (tertiary/aromatic N) is 2. The Kier molecular flexibility index (Phi) is 3.87. The number of carbonyl (C=O) groups is 1. The van der Waals surface area contributed by atoms with Gasteiger partial charge in [0.2, 0.25) is 0 Å². The highest BCUT2D eigenvalue weighted by Crippen LogP contribution is 2.09.